The summed E-state index contributed by atoms with van der Waals surface area (Å²) in [6, 6.07) is 2.31. The van der Waals surface area contributed by atoms with E-state index >= 15 is 0 Å². The summed E-state index contributed by atoms with van der Waals surface area (Å²) >= 11 is 2.07. The van der Waals surface area contributed by atoms with Crippen molar-refractivity contribution >= 4 is 35.3 Å². The van der Waals surface area contributed by atoms with E-state index in [1.165, 1.54) is 12.8 Å². The van der Waals surface area contributed by atoms with Crippen LogP contribution in [0.25, 0.3) is 0 Å². The highest BCUT2D eigenvalue weighted by molar-refractivity contribution is 14.1. The van der Waals surface area contributed by atoms with Crippen molar-refractivity contribution in [3.05, 3.63) is 0 Å². The maximum Gasteiger partial charge on any atom is 0.114 e. The number of nitrogens with one attached hydrogen (secondary N) is 1. The lowest BCUT2D eigenvalue weighted by Crippen LogP contribution is -2.33. The van der Waals surface area contributed by atoms with E-state index in [-0.39, 0.29) is 17.9 Å². The molecule has 0 aromatic heterocycles. The van der Waals surface area contributed by atoms with Gasteiger partial charge in [-0.3, -0.25) is 0 Å². The van der Waals surface area contributed by atoms with E-state index in [0.717, 1.165) is 12.8 Å². The van der Waals surface area contributed by atoms with Crippen LogP contribution in [0.5, 0.6) is 0 Å². The molecule has 58 valence electrons. The Morgan fingerprint density at radius 1 is 1.40 bits per heavy atom. The van der Waals surface area contributed by atoms with Crippen molar-refractivity contribution in [2.45, 2.75) is 31.2 Å². The van der Waals surface area contributed by atoms with Gasteiger partial charge in [-0.2, -0.15) is 5.26 Å². The normalized spacial score (nSPS) is 21.2. The molecule has 0 bridgehead atoms. The fourth-order valence-electron chi connectivity index (χ4n) is 1.21. The van der Waals surface area contributed by atoms with E-state index in [2.05, 4.69) is 32.5 Å². The summed E-state index contributed by atoms with van der Waals surface area (Å²) < 4.78 is 3.04. The first kappa shape index (κ1) is 10.5. The van der Waals surface area contributed by atoms with Gasteiger partial charge < -0.3 is 0 Å². The van der Waals surface area contributed by atoms with E-state index in [9.17, 15) is 0 Å². The van der Waals surface area contributed by atoms with Crippen molar-refractivity contribution in [2.75, 3.05) is 0 Å². The van der Waals surface area contributed by atoms with Crippen LogP contribution in [0.4, 0.5) is 0 Å². The van der Waals surface area contributed by atoms with Crippen LogP contribution in [0.1, 0.15) is 25.7 Å². The van der Waals surface area contributed by atoms with Gasteiger partial charge in [0.2, 0.25) is 0 Å². The third-order valence-corrected chi connectivity index (χ3v) is 2.88. The van der Waals surface area contributed by atoms with Crippen molar-refractivity contribution in [3.63, 3.8) is 0 Å². The maximum atomic E-state index is 8.70. The molecule has 0 unspecified atom stereocenters. The van der Waals surface area contributed by atoms with Crippen molar-refractivity contribution in [1.82, 2.24) is 3.53 Å². The van der Waals surface area contributed by atoms with E-state index in [0.29, 0.717) is 0 Å². The van der Waals surface area contributed by atoms with E-state index < -0.39 is 0 Å². The van der Waals surface area contributed by atoms with Crippen LogP contribution in [0, 0.1) is 11.3 Å². The van der Waals surface area contributed by atoms with Crippen molar-refractivity contribution < 1.29 is 0 Å². The minimum absolute atomic E-state index is 0. The Morgan fingerprint density at radius 2 is 1.90 bits per heavy atom. The molecular weight excluding hydrogens is 262 g/mol. The second kappa shape index (κ2) is 4.37. The molecule has 1 aliphatic rings. The average molecular weight is 273 g/mol. The number of hydrogen-bond acceptors (Lipinski definition) is 2. The predicted molar refractivity (Wildman–Crippen MR) is 51.2 cm³/mol. The third kappa shape index (κ3) is 1.97. The lowest BCUT2D eigenvalue weighted by Gasteiger charge is -2.16. The monoisotopic (exact) mass is 272 g/mol. The Balaban J connectivity index is 0.000000810. The number of hydrogen-bond donors (Lipinski definition) is 1. The number of nitriles is 1. The first-order valence-corrected chi connectivity index (χ1v) is 4.20. The molecule has 4 heteroatoms. The van der Waals surface area contributed by atoms with Gasteiger partial charge >= 0.3 is 0 Å². The van der Waals surface area contributed by atoms with Crippen molar-refractivity contribution in [2.24, 2.45) is 0 Å². The first-order valence-electron chi connectivity index (χ1n) is 3.12. The minimum atomic E-state index is -0.180. The zero-order valence-corrected chi connectivity index (χ0v) is 8.54. The summed E-state index contributed by atoms with van der Waals surface area (Å²) in [5, 5.41) is 8.70. The van der Waals surface area contributed by atoms with Crippen molar-refractivity contribution in [3.8, 4) is 6.07 Å². The molecule has 0 spiro atoms. The highest BCUT2D eigenvalue weighted by atomic mass is 127. The van der Waals surface area contributed by atoms with Crippen LogP contribution >= 0.6 is 35.3 Å². The predicted octanol–water partition coefficient (Wildman–Crippen LogP) is 2.18. The first-order chi connectivity index (χ1) is 4.33. The summed E-state index contributed by atoms with van der Waals surface area (Å²) in [5.41, 5.74) is -0.180. The lowest BCUT2D eigenvalue weighted by atomic mass is 10.0. The molecule has 0 aromatic rings. The number of nitrogens with zero attached hydrogens (tertiary/aromatic N) is 1. The molecule has 1 rings (SSSR count). The summed E-state index contributed by atoms with van der Waals surface area (Å²) in [6.07, 6.45) is 4.44. The van der Waals surface area contributed by atoms with Gasteiger partial charge in [0, 0.05) is 22.9 Å². The molecule has 2 nitrogen and oxygen atoms in total. The van der Waals surface area contributed by atoms with Gasteiger partial charge in [-0.1, -0.05) is 12.8 Å². The molecule has 10 heavy (non-hydrogen) atoms. The fourth-order valence-corrected chi connectivity index (χ4v) is 1.87. The minimum Gasteiger partial charge on any atom is -0.242 e. The molecule has 0 aliphatic heterocycles. The van der Waals surface area contributed by atoms with Crippen molar-refractivity contribution in [1.29, 1.82) is 5.26 Å². The Morgan fingerprint density at radius 3 is 2.10 bits per heavy atom. The van der Waals surface area contributed by atoms with Gasteiger partial charge in [-0.05, 0) is 12.8 Å². The second-order valence-corrected chi connectivity index (χ2v) is 3.03. The Labute approximate surface area is 81.3 Å². The molecule has 0 aromatic carbocycles. The molecular formula is C6H10ClIN2. The van der Waals surface area contributed by atoms with Gasteiger partial charge in [-0.25, -0.2) is 3.53 Å². The molecule has 0 radical (unpaired) electrons. The standard InChI is InChI=1S/C6H9IN2.ClH/c7-9-6(5-8)3-1-2-4-6;/h9H,1-4H2;1H. The second-order valence-electron chi connectivity index (χ2n) is 2.50. The summed E-state index contributed by atoms with van der Waals surface area (Å²) in [6.45, 7) is 0. The van der Waals surface area contributed by atoms with Crippen LogP contribution < -0.4 is 3.53 Å². The molecule has 0 saturated heterocycles. The lowest BCUT2D eigenvalue weighted by molar-refractivity contribution is 0.538. The quantitative estimate of drug-likeness (QED) is 0.587. The molecule has 1 N–H and O–H groups in total. The van der Waals surface area contributed by atoms with Gasteiger partial charge in [0.25, 0.3) is 0 Å². The van der Waals surface area contributed by atoms with Gasteiger partial charge in [0.05, 0.1) is 6.07 Å². The fraction of sp³-hybridized carbons (Fsp3) is 0.833. The summed E-state index contributed by atoms with van der Waals surface area (Å²) in [4.78, 5) is 0. The molecule has 1 saturated carbocycles. The number of rotatable bonds is 1. The zero-order valence-electron chi connectivity index (χ0n) is 5.56. The smallest absolute Gasteiger partial charge is 0.114 e. The molecule has 1 aliphatic carbocycles. The molecule has 0 amide bonds. The van der Waals surface area contributed by atoms with Gasteiger partial charge in [-0.15, -0.1) is 12.4 Å². The van der Waals surface area contributed by atoms with E-state index in [1.54, 1.807) is 0 Å². The van der Waals surface area contributed by atoms with E-state index in [4.69, 9.17) is 5.26 Å². The zero-order chi connectivity index (χ0) is 6.74. The Hall–Kier alpha value is 0.470. The van der Waals surface area contributed by atoms with E-state index in [1.807, 2.05) is 0 Å². The van der Waals surface area contributed by atoms with Crippen LogP contribution in [-0.2, 0) is 0 Å². The van der Waals surface area contributed by atoms with Crippen LogP contribution in [0.3, 0.4) is 0 Å². The Bertz CT molecular complexity index is 137. The van der Waals surface area contributed by atoms with Gasteiger partial charge in [0.1, 0.15) is 5.54 Å². The topological polar surface area (TPSA) is 35.8 Å². The SMILES string of the molecule is Cl.N#CC1(NI)CCCC1. The molecule has 0 atom stereocenters. The van der Waals surface area contributed by atoms with Crippen LogP contribution in [-0.4, -0.2) is 5.54 Å². The molecule has 0 heterocycles. The third-order valence-electron chi connectivity index (χ3n) is 1.85. The summed E-state index contributed by atoms with van der Waals surface area (Å²) in [7, 11) is 0. The Kier molecular flexibility index (Phi) is 4.57. The number of halogens is 2. The van der Waals surface area contributed by atoms with Crippen LogP contribution in [0.15, 0.2) is 0 Å². The maximum absolute atomic E-state index is 8.70. The summed E-state index contributed by atoms with van der Waals surface area (Å²) in [5.74, 6) is 0. The van der Waals surface area contributed by atoms with Crippen LogP contribution in [0.2, 0.25) is 0 Å². The van der Waals surface area contributed by atoms with Gasteiger partial charge in [0.15, 0.2) is 0 Å². The largest absolute Gasteiger partial charge is 0.242 e. The highest BCUT2D eigenvalue weighted by Crippen LogP contribution is 2.29. The molecule has 1 fully saturated rings. The average Bonchev–Trinajstić information content (AvgIpc) is 2.36. The highest BCUT2D eigenvalue weighted by Gasteiger charge is 2.32.